The zero-order chi connectivity index (χ0) is 25.8. The number of ether oxygens (including phenoxy) is 1. The molecule has 10 heteroatoms. The molecule has 0 bridgehead atoms. The molecule has 0 spiro atoms. The van der Waals surface area contributed by atoms with Crippen LogP contribution in [-0.2, 0) is 9.53 Å². The topological polar surface area (TPSA) is 115 Å². The second kappa shape index (κ2) is 11.4. The van der Waals surface area contributed by atoms with E-state index < -0.39 is 0 Å². The van der Waals surface area contributed by atoms with Gasteiger partial charge in [-0.1, -0.05) is 24.3 Å². The van der Waals surface area contributed by atoms with E-state index >= 15 is 0 Å². The Kier molecular flexibility index (Phi) is 7.78. The molecule has 37 heavy (non-hydrogen) atoms. The summed E-state index contributed by atoms with van der Waals surface area (Å²) in [4.78, 5) is 42.1. The largest absolute Gasteiger partial charge is 0.374 e. The minimum absolute atomic E-state index is 0.00893. The van der Waals surface area contributed by atoms with Gasteiger partial charge in [-0.05, 0) is 32.4 Å². The zero-order valence-electron chi connectivity index (χ0n) is 21.5. The molecule has 10 nitrogen and oxygen atoms in total. The number of amides is 1. The van der Waals surface area contributed by atoms with E-state index in [2.05, 4.69) is 42.4 Å². The lowest BCUT2D eigenvalue weighted by Crippen LogP contribution is -2.49. The molecule has 2 aliphatic heterocycles. The van der Waals surface area contributed by atoms with Crippen LogP contribution in [0.15, 0.2) is 36.8 Å². The maximum Gasteiger partial charge on any atom is 0.234 e. The molecule has 2 saturated heterocycles. The highest BCUT2D eigenvalue weighted by atomic mass is 16.5. The number of carbonyl (C=O) groups is 2. The smallest absolute Gasteiger partial charge is 0.234 e. The Morgan fingerprint density at radius 2 is 1.92 bits per heavy atom. The van der Waals surface area contributed by atoms with Gasteiger partial charge in [-0.15, -0.1) is 0 Å². The van der Waals surface area contributed by atoms with Crippen molar-refractivity contribution in [1.82, 2.24) is 30.1 Å². The molecule has 1 amide bonds. The standard InChI is InChI=1S/C27H35N7O3/c1-18-5-3-4-6-21(18)25(36)22-14-29-26-24(22)27(31-17-30-26)32-19-7-8-20(37-16-19)13-28-23(35)15-34-11-9-33(2)10-12-34/h3-6,14,17,19-20H,7-13,15-16H2,1-2H3,(H,28,35)(H2,29,30,31,32)/t19-,20+/m1/s1. The number of H-pyrrole nitrogens is 1. The van der Waals surface area contributed by atoms with Crippen molar-refractivity contribution in [3.8, 4) is 0 Å². The van der Waals surface area contributed by atoms with Crippen LogP contribution < -0.4 is 10.6 Å². The summed E-state index contributed by atoms with van der Waals surface area (Å²) in [7, 11) is 2.11. The maximum atomic E-state index is 13.3. The van der Waals surface area contributed by atoms with Crippen LogP contribution in [0.4, 0.5) is 5.82 Å². The van der Waals surface area contributed by atoms with E-state index in [0.717, 1.165) is 44.6 Å². The average molecular weight is 506 g/mol. The molecule has 2 fully saturated rings. The first-order chi connectivity index (χ1) is 18.0. The van der Waals surface area contributed by atoms with Crippen LogP contribution in [0.5, 0.6) is 0 Å². The number of anilines is 1. The summed E-state index contributed by atoms with van der Waals surface area (Å²) < 4.78 is 6.06. The van der Waals surface area contributed by atoms with Crippen molar-refractivity contribution in [3.05, 3.63) is 53.5 Å². The van der Waals surface area contributed by atoms with Crippen LogP contribution in [0, 0.1) is 6.92 Å². The fourth-order valence-electron chi connectivity index (χ4n) is 4.99. The first kappa shape index (κ1) is 25.3. The second-order valence-corrected chi connectivity index (χ2v) is 10.0. The van der Waals surface area contributed by atoms with Crippen LogP contribution in [0.2, 0.25) is 0 Å². The van der Waals surface area contributed by atoms with Crippen LogP contribution in [0.25, 0.3) is 11.0 Å². The van der Waals surface area contributed by atoms with Crippen molar-refractivity contribution in [2.45, 2.75) is 31.9 Å². The van der Waals surface area contributed by atoms with E-state index in [1.165, 1.54) is 6.33 Å². The first-order valence-corrected chi connectivity index (χ1v) is 13.0. The van der Waals surface area contributed by atoms with Crippen LogP contribution in [0.3, 0.4) is 0 Å². The van der Waals surface area contributed by atoms with E-state index in [0.29, 0.717) is 47.7 Å². The summed E-state index contributed by atoms with van der Waals surface area (Å²) in [5.41, 5.74) is 2.75. The summed E-state index contributed by atoms with van der Waals surface area (Å²) in [6, 6.07) is 7.61. The van der Waals surface area contributed by atoms with Gasteiger partial charge in [0.2, 0.25) is 5.91 Å². The highest BCUT2D eigenvalue weighted by Gasteiger charge is 2.25. The van der Waals surface area contributed by atoms with Crippen molar-refractivity contribution in [1.29, 1.82) is 0 Å². The van der Waals surface area contributed by atoms with Gasteiger partial charge in [0.05, 0.1) is 36.2 Å². The number of carbonyl (C=O) groups excluding carboxylic acids is 2. The molecule has 0 radical (unpaired) electrons. The molecule has 2 aromatic heterocycles. The lowest BCUT2D eigenvalue weighted by atomic mass is 9.99. The molecular formula is C27H35N7O3. The van der Waals surface area contributed by atoms with Gasteiger partial charge in [0, 0.05) is 44.5 Å². The number of aromatic amines is 1. The Morgan fingerprint density at radius 1 is 1.11 bits per heavy atom. The highest BCUT2D eigenvalue weighted by molar-refractivity contribution is 6.18. The summed E-state index contributed by atoms with van der Waals surface area (Å²) in [5, 5.41) is 7.19. The molecule has 4 heterocycles. The number of rotatable bonds is 8. The second-order valence-electron chi connectivity index (χ2n) is 10.0. The highest BCUT2D eigenvalue weighted by Crippen LogP contribution is 2.28. The van der Waals surface area contributed by atoms with Crippen molar-refractivity contribution in [2.75, 3.05) is 58.2 Å². The SMILES string of the molecule is Cc1ccccc1C(=O)c1c[nH]c2ncnc(N[C@@H]3CC[C@@H](CNC(=O)CN4CCN(C)CC4)OC3)c12. The minimum atomic E-state index is -0.0607. The fourth-order valence-corrected chi connectivity index (χ4v) is 4.99. The summed E-state index contributed by atoms with van der Waals surface area (Å²) in [5.74, 6) is 0.611. The number of aryl methyl sites for hydroxylation is 1. The van der Waals surface area contributed by atoms with Crippen LogP contribution in [0.1, 0.15) is 34.3 Å². The lowest BCUT2D eigenvalue weighted by Gasteiger charge is -2.32. The minimum Gasteiger partial charge on any atom is -0.374 e. The van der Waals surface area contributed by atoms with E-state index in [1.54, 1.807) is 6.20 Å². The van der Waals surface area contributed by atoms with Gasteiger partial charge in [-0.2, -0.15) is 0 Å². The number of fused-ring (bicyclic) bond motifs is 1. The third kappa shape index (κ3) is 5.98. The predicted octanol–water partition coefficient (Wildman–Crippen LogP) is 1.82. The molecule has 3 aromatic rings. The number of aromatic nitrogens is 3. The van der Waals surface area contributed by atoms with E-state index in [4.69, 9.17) is 4.74 Å². The molecular weight excluding hydrogens is 470 g/mol. The monoisotopic (exact) mass is 505 g/mol. The van der Waals surface area contributed by atoms with Crippen molar-refractivity contribution in [3.63, 3.8) is 0 Å². The molecule has 196 valence electrons. The quantitative estimate of drug-likeness (QED) is 0.397. The number of hydrogen-bond donors (Lipinski definition) is 3. The number of likely N-dealkylation sites (N-methyl/N-ethyl adjacent to an activating group) is 1. The van der Waals surface area contributed by atoms with E-state index in [9.17, 15) is 9.59 Å². The summed E-state index contributed by atoms with van der Waals surface area (Å²) in [6.45, 7) is 7.23. The van der Waals surface area contributed by atoms with Gasteiger partial charge in [0.25, 0.3) is 0 Å². The molecule has 5 rings (SSSR count). The Labute approximate surface area is 216 Å². The molecule has 0 unspecified atom stereocenters. The van der Waals surface area contributed by atoms with Gasteiger partial charge in [0.15, 0.2) is 5.78 Å². The van der Waals surface area contributed by atoms with E-state index in [1.807, 2.05) is 31.2 Å². The third-order valence-electron chi connectivity index (χ3n) is 7.31. The number of ketones is 1. The van der Waals surface area contributed by atoms with Gasteiger partial charge in [-0.25, -0.2) is 9.97 Å². The summed E-state index contributed by atoms with van der Waals surface area (Å²) in [6.07, 6.45) is 4.88. The Bertz CT molecular complexity index is 1240. The molecule has 0 aliphatic carbocycles. The number of benzene rings is 1. The summed E-state index contributed by atoms with van der Waals surface area (Å²) >= 11 is 0. The Morgan fingerprint density at radius 3 is 2.68 bits per heavy atom. The van der Waals surface area contributed by atoms with Crippen molar-refractivity contribution >= 4 is 28.5 Å². The molecule has 3 N–H and O–H groups in total. The average Bonchev–Trinajstić information content (AvgIpc) is 3.35. The van der Waals surface area contributed by atoms with Crippen molar-refractivity contribution in [2.24, 2.45) is 0 Å². The lowest BCUT2D eigenvalue weighted by molar-refractivity contribution is -0.123. The number of hydrogen-bond acceptors (Lipinski definition) is 8. The first-order valence-electron chi connectivity index (χ1n) is 13.0. The molecule has 2 aliphatic rings. The van der Waals surface area contributed by atoms with Crippen LogP contribution in [-0.4, -0.2) is 102 Å². The third-order valence-corrected chi connectivity index (χ3v) is 7.31. The Balaban J connectivity index is 1.16. The fraction of sp³-hybridized carbons (Fsp3) is 0.481. The van der Waals surface area contributed by atoms with Gasteiger partial charge >= 0.3 is 0 Å². The van der Waals surface area contributed by atoms with Gasteiger partial charge in [-0.3, -0.25) is 14.5 Å². The molecule has 1 aromatic carbocycles. The number of piperazine rings is 1. The number of nitrogens with zero attached hydrogens (tertiary/aromatic N) is 4. The predicted molar refractivity (Wildman–Crippen MR) is 142 cm³/mol. The Hall–Kier alpha value is -3.34. The molecule has 0 saturated carbocycles. The van der Waals surface area contributed by atoms with E-state index in [-0.39, 0.29) is 23.8 Å². The van der Waals surface area contributed by atoms with Gasteiger partial charge in [0.1, 0.15) is 17.8 Å². The zero-order valence-corrected chi connectivity index (χ0v) is 21.5. The van der Waals surface area contributed by atoms with Crippen molar-refractivity contribution < 1.29 is 14.3 Å². The van der Waals surface area contributed by atoms with Gasteiger partial charge < -0.3 is 25.3 Å². The maximum absolute atomic E-state index is 13.3. The number of nitrogens with one attached hydrogen (secondary N) is 3. The van der Waals surface area contributed by atoms with Crippen LogP contribution >= 0.6 is 0 Å². The molecule has 2 atom stereocenters. The normalized spacial score (nSPS) is 21.1.